The van der Waals surface area contributed by atoms with Gasteiger partial charge in [-0.3, -0.25) is 9.97 Å². The van der Waals surface area contributed by atoms with Crippen LogP contribution in [-0.2, 0) is 0 Å². The number of benzene rings is 9. The highest BCUT2D eigenvalue weighted by Crippen LogP contribution is 2.43. The van der Waals surface area contributed by atoms with Crippen LogP contribution in [0.5, 0.6) is 0 Å². The molecule has 0 aliphatic heterocycles. The molecule has 318 valence electrons. The molecule has 12 rings (SSSR count). The number of para-hydroxylation sites is 4. The first-order valence-corrected chi connectivity index (χ1v) is 22.8. The molecule has 5 nitrogen and oxygen atoms in total. The zero-order chi connectivity index (χ0) is 44.8. The van der Waals surface area contributed by atoms with Gasteiger partial charge in [-0.05, 0) is 151 Å². The molecule has 3 aromatic heterocycles. The first kappa shape index (κ1) is 39.8. The predicted octanol–water partition coefficient (Wildman–Crippen LogP) is 16.8. The normalized spacial score (nSPS) is 11.4. The van der Waals surface area contributed by atoms with E-state index in [0.29, 0.717) is 0 Å². The van der Waals surface area contributed by atoms with E-state index < -0.39 is 0 Å². The van der Waals surface area contributed by atoms with Crippen molar-refractivity contribution in [3.63, 3.8) is 0 Å². The van der Waals surface area contributed by atoms with Crippen molar-refractivity contribution in [2.45, 2.75) is 13.8 Å². The molecule has 0 saturated carbocycles. The number of hydrogen-bond acceptors (Lipinski definition) is 4. The number of anilines is 6. The Balaban J connectivity index is 0.977. The molecule has 0 bridgehead atoms. The zero-order valence-electron chi connectivity index (χ0n) is 37.3. The Bertz CT molecular complexity index is 3530. The monoisotopic (exact) mass is 859 g/mol. The molecule has 0 saturated heterocycles. The molecule has 0 radical (unpaired) electrons. The standard InChI is InChI=1S/C62H45N5/c1-42-43(2)56(47-38-46-26-25-45-16-15-37-63-61(45)62(46)64-41-47)34-33-55(42)44-27-29-52(30-28-44)67-59-35-31-53(65(48-17-7-3-8-18-48)49-19-9-4-10-20-49)39-57(59)58-40-54(32-36-60(58)67)66(50-21-11-5-12-22-50)51-23-13-6-14-24-51/h3-41H,1-2H3. The summed E-state index contributed by atoms with van der Waals surface area (Å²) < 4.78 is 2.42. The first-order chi connectivity index (χ1) is 33.1. The molecule has 5 heteroatoms. The van der Waals surface area contributed by atoms with E-state index in [4.69, 9.17) is 4.98 Å². The molecule has 0 spiro atoms. The molecule has 3 heterocycles. The number of hydrogen-bond donors (Lipinski definition) is 0. The van der Waals surface area contributed by atoms with Gasteiger partial charge in [0.25, 0.3) is 0 Å². The average Bonchev–Trinajstić information content (AvgIpc) is 3.71. The Morgan fingerprint density at radius 2 is 0.821 bits per heavy atom. The van der Waals surface area contributed by atoms with Crippen molar-refractivity contribution in [1.82, 2.24) is 14.5 Å². The van der Waals surface area contributed by atoms with Crippen LogP contribution in [0.15, 0.2) is 237 Å². The summed E-state index contributed by atoms with van der Waals surface area (Å²) in [4.78, 5) is 14.2. The molecule has 67 heavy (non-hydrogen) atoms. The number of fused-ring (bicyclic) bond motifs is 6. The van der Waals surface area contributed by atoms with Gasteiger partial charge < -0.3 is 14.4 Å². The Morgan fingerprint density at radius 3 is 1.33 bits per heavy atom. The lowest BCUT2D eigenvalue weighted by molar-refractivity contribution is 1.18. The second-order valence-corrected chi connectivity index (χ2v) is 17.1. The highest BCUT2D eigenvalue weighted by molar-refractivity contribution is 6.12. The number of nitrogens with zero attached hydrogens (tertiary/aromatic N) is 5. The molecular formula is C62H45N5. The van der Waals surface area contributed by atoms with Crippen LogP contribution in [0.1, 0.15) is 11.1 Å². The SMILES string of the molecule is Cc1c(-c2ccc(-n3c4ccc(N(c5ccccc5)c5ccccc5)cc4c4cc(N(c5ccccc5)c5ccccc5)ccc43)cc2)ccc(-c2cnc3c(ccc4cccnc43)c2)c1C. The Hall–Kier alpha value is -8.80. The van der Waals surface area contributed by atoms with Gasteiger partial charge in [0.1, 0.15) is 0 Å². The van der Waals surface area contributed by atoms with Gasteiger partial charge in [-0.15, -0.1) is 0 Å². The fourth-order valence-corrected chi connectivity index (χ4v) is 9.88. The van der Waals surface area contributed by atoms with Crippen molar-refractivity contribution >= 4 is 77.7 Å². The predicted molar refractivity (Wildman–Crippen MR) is 281 cm³/mol. The van der Waals surface area contributed by atoms with Crippen LogP contribution in [0.2, 0.25) is 0 Å². The van der Waals surface area contributed by atoms with E-state index >= 15 is 0 Å². The van der Waals surface area contributed by atoms with Gasteiger partial charge in [-0.1, -0.05) is 115 Å². The van der Waals surface area contributed by atoms with Gasteiger partial charge in [0, 0.05) is 79.3 Å². The second-order valence-electron chi connectivity index (χ2n) is 17.1. The molecular weight excluding hydrogens is 815 g/mol. The maximum atomic E-state index is 4.93. The maximum absolute atomic E-state index is 4.93. The summed E-state index contributed by atoms with van der Waals surface area (Å²) in [5.74, 6) is 0. The Labute approximate surface area is 390 Å². The maximum Gasteiger partial charge on any atom is 0.0964 e. The molecule has 0 atom stereocenters. The highest BCUT2D eigenvalue weighted by atomic mass is 15.1. The van der Waals surface area contributed by atoms with Crippen molar-refractivity contribution in [3.8, 4) is 27.9 Å². The molecule has 0 unspecified atom stereocenters. The lowest BCUT2D eigenvalue weighted by Crippen LogP contribution is -2.09. The molecule has 0 aliphatic rings. The molecule has 0 aliphatic carbocycles. The lowest BCUT2D eigenvalue weighted by Gasteiger charge is -2.26. The molecule has 0 N–H and O–H groups in total. The minimum atomic E-state index is 0.930. The third-order valence-corrected chi connectivity index (χ3v) is 13.3. The number of rotatable bonds is 9. The van der Waals surface area contributed by atoms with E-state index in [-0.39, 0.29) is 0 Å². The number of aromatic nitrogens is 3. The minimum absolute atomic E-state index is 0.930. The highest BCUT2D eigenvalue weighted by Gasteiger charge is 2.21. The summed E-state index contributed by atoms with van der Waals surface area (Å²) in [6, 6.07) is 80.5. The van der Waals surface area contributed by atoms with Gasteiger partial charge in [0.2, 0.25) is 0 Å². The van der Waals surface area contributed by atoms with Crippen molar-refractivity contribution in [1.29, 1.82) is 0 Å². The quantitative estimate of drug-likeness (QED) is 0.136. The van der Waals surface area contributed by atoms with Crippen LogP contribution >= 0.6 is 0 Å². The van der Waals surface area contributed by atoms with Crippen LogP contribution < -0.4 is 9.80 Å². The van der Waals surface area contributed by atoms with E-state index in [1.807, 2.05) is 18.5 Å². The van der Waals surface area contributed by atoms with Gasteiger partial charge in [0.05, 0.1) is 22.1 Å². The van der Waals surface area contributed by atoms with Crippen molar-refractivity contribution in [3.05, 3.63) is 248 Å². The smallest absolute Gasteiger partial charge is 0.0964 e. The molecule has 0 amide bonds. The summed E-state index contributed by atoms with van der Waals surface area (Å²) in [5, 5.41) is 4.53. The van der Waals surface area contributed by atoms with Gasteiger partial charge >= 0.3 is 0 Å². The van der Waals surface area contributed by atoms with E-state index in [0.717, 1.165) is 78.2 Å². The largest absolute Gasteiger partial charge is 0.310 e. The van der Waals surface area contributed by atoms with Crippen LogP contribution in [-0.4, -0.2) is 14.5 Å². The van der Waals surface area contributed by atoms with Crippen molar-refractivity contribution in [2.75, 3.05) is 9.80 Å². The van der Waals surface area contributed by atoms with E-state index in [9.17, 15) is 0 Å². The van der Waals surface area contributed by atoms with Gasteiger partial charge in [-0.2, -0.15) is 0 Å². The van der Waals surface area contributed by atoms with Gasteiger partial charge in [0.15, 0.2) is 0 Å². The molecule has 12 aromatic rings. The first-order valence-electron chi connectivity index (χ1n) is 22.8. The lowest BCUT2D eigenvalue weighted by atomic mass is 9.91. The summed E-state index contributed by atoms with van der Waals surface area (Å²) in [7, 11) is 0. The average molecular weight is 860 g/mol. The fourth-order valence-electron chi connectivity index (χ4n) is 9.88. The fraction of sp³-hybridized carbons (Fsp3) is 0.0323. The zero-order valence-corrected chi connectivity index (χ0v) is 37.3. The van der Waals surface area contributed by atoms with Crippen LogP contribution in [0.25, 0.3) is 71.6 Å². The number of pyridine rings is 2. The second kappa shape index (κ2) is 16.6. The van der Waals surface area contributed by atoms with Crippen LogP contribution in [0, 0.1) is 13.8 Å². The minimum Gasteiger partial charge on any atom is -0.310 e. The van der Waals surface area contributed by atoms with Crippen LogP contribution in [0.3, 0.4) is 0 Å². The van der Waals surface area contributed by atoms with Gasteiger partial charge in [-0.25, -0.2) is 0 Å². The van der Waals surface area contributed by atoms with Crippen molar-refractivity contribution < 1.29 is 0 Å². The molecule has 0 fully saturated rings. The molecule has 9 aromatic carbocycles. The Kier molecular flexibility index (Phi) is 9.88. The summed E-state index contributed by atoms with van der Waals surface area (Å²) >= 11 is 0. The third-order valence-electron chi connectivity index (χ3n) is 13.3. The third kappa shape index (κ3) is 7.05. The summed E-state index contributed by atoms with van der Waals surface area (Å²) in [6.45, 7) is 4.46. The van der Waals surface area contributed by atoms with E-state index in [2.05, 4.69) is 252 Å². The van der Waals surface area contributed by atoms with E-state index in [1.54, 1.807) is 0 Å². The Morgan fingerprint density at radius 1 is 0.358 bits per heavy atom. The van der Waals surface area contributed by atoms with E-state index in [1.165, 1.54) is 38.6 Å². The summed E-state index contributed by atoms with van der Waals surface area (Å²) in [6.07, 6.45) is 3.83. The van der Waals surface area contributed by atoms with Crippen LogP contribution in [0.4, 0.5) is 34.1 Å². The van der Waals surface area contributed by atoms with Crippen molar-refractivity contribution in [2.24, 2.45) is 0 Å². The topological polar surface area (TPSA) is 37.2 Å². The summed E-state index contributed by atoms with van der Waals surface area (Å²) in [5.41, 5.74) is 19.0.